The summed E-state index contributed by atoms with van der Waals surface area (Å²) < 4.78 is 0. The molecule has 4 aromatic rings. The van der Waals surface area contributed by atoms with Gasteiger partial charge in [-0.2, -0.15) is 0 Å². The summed E-state index contributed by atoms with van der Waals surface area (Å²) in [7, 11) is 0. The van der Waals surface area contributed by atoms with E-state index in [9.17, 15) is 9.59 Å². The Morgan fingerprint density at radius 1 is 0.393 bits per heavy atom. The Morgan fingerprint density at radius 2 is 0.786 bits per heavy atom. The minimum absolute atomic E-state index is 0.148. The van der Waals surface area contributed by atoms with Crippen LogP contribution in [-0.4, -0.2) is 11.6 Å². The van der Waals surface area contributed by atoms with Gasteiger partial charge in [-0.3, -0.25) is 9.59 Å². The first kappa shape index (κ1) is 17.6. The van der Waals surface area contributed by atoms with Crippen LogP contribution in [-0.2, 0) is 0 Å². The van der Waals surface area contributed by atoms with Crippen molar-refractivity contribution in [1.82, 2.24) is 0 Å². The molecule has 0 aromatic heterocycles. The number of ketones is 2. The molecule has 0 unspecified atom stereocenters. The summed E-state index contributed by atoms with van der Waals surface area (Å²) in [6.45, 7) is 0. The third kappa shape index (κ3) is 3.53. The van der Waals surface area contributed by atoms with Gasteiger partial charge in [0.2, 0.25) is 0 Å². The van der Waals surface area contributed by atoms with Crippen LogP contribution in [0.4, 0.5) is 0 Å². The van der Waals surface area contributed by atoms with Crippen LogP contribution < -0.4 is 0 Å². The Kier molecular flexibility index (Phi) is 4.94. The fourth-order valence-corrected chi connectivity index (χ4v) is 3.22. The fourth-order valence-electron chi connectivity index (χ4n) is 3.22. The summed E-state index contributed by atoms with van der Waals surface area (Å²) in [5, 5.41) is 0. The number of benzene rings is 4. The lowest BCUT2D eigenvalue weighted by atomic mass is 9.92. The number of rotatable bonds is 5. The first-order chi connectivity index (χ1) is 13.7. The van der Waals surface area contributed by atoms with Crippen molar-refractivity contribution in [1.29, 1.82) is 0 Å². The third-order valence-electron chi connectivity index (χ3n) is 4.71. The molecule has 0 aliphatic heterocycles. The van der Waals surface area contributed by atoms with E-state index in [1.807, 2.05) is 72.8 Å². The molecule has 0 spiro atoms. The van der Waals surface area contributed by atoms with Crippen LogP contribution in [0.3, 0.4) is 0 Å². The topological polar surface area (TPSA) is 34.1 Å². The summed E-state index contributed by atoms with van der Waals surface area (Å²) in [6, 6.07) is 33.5. The molecular formula is C26H18O2. The van der Waals surface area contributed by atoms with Gasteiger partial charge < -0.3 is 0 Å². The molecular weight excluding hydrogens is 344 g/mol. The van der Waals surface area contributed by atoms with Crippen molar-refractivity contribution in [3.05, 3.63) is 131 Å². The molecule has 0 radical (unpaired) electrons. The van der Waals surface area contributed by atoms with Gasteiger partial charge in [0.15, 0.2) is 11.6 Å². The van der Waals surface area contributed by atoms with Crippen molar-refractivity contribution in [2.75, 3.05) is 0 Å². The van der Waals surface area contributed by atoms with Gasteiger partial charge in [-0.15, -0.1) is 0 Å². The normalized spacial score (nSPS) is 10.4. The maximum absolute atomic E-state index is 13.1. The molecule has 2 nitrogen and oxygen atoms in total. The lowest BCUT2D eigenvalue weighted by Gasteiger charge is -2.09. The largest absolute Gasteiger partial charge is 0.289 e. The van der Waals surface area contributed by atoms with Crippen LogP contribution in [0.5, 0.6) is 0 Å². The number of hydrogen-bond acceptors (Lipinski definition) is 2. The molecule has 0 atom stereocenters. The minimum atomic E-state index is -0.153. The maximum atomic E-state index is 13.1. The average molecular weight is 362 g/mol. The molecule has 0 heterocycles. The van der Waals surface area contributed by atoms with E-state index in [-0.39, 0.29) is 11.6 Å². The van der Waals surface area contributed by atoms with E-state index in [0.29, 0.717) is 22.3 Å². The molecule has 4 aromatic carbocycles. The van der Waals surface area contributed by atoms with Crippen molar-refractivity contribution < 1.29 is 9.59 Å². The van der Waals surface area contributed by atoms with Crippen molar-refractivity contribution in [2.24, 2.45) is 0 Å². The summed E-state index contributed by atoms with van der Waals surface area (Å²) in [5.74, 6) is -0.301. The van der Waals surface area contributed by atoms with Gasteiger partial charge in [0.1, 0.15) is 0 Å². The second kappa shape index (κ2) is 7.85. The Bertz CT molecular complexity index is 1110. The van der Waals surface area contributed by atoms with Gasteiger partial charge in [-0.25, -0.2) is 0 Å². The van der Waals surface area contributed by atoms with Crippen LogP contribution in [0.1, 0.15) is 31.8 Å². The molecule has 0 saturated heterocycles. The van der Waals surface area contributed by atoms with Gasteiger partial charge in [-0.05, 0) is 11.1 Å². The highest BCUT2D eigenvalue weighted by molar-refractivity contribution is 6.19. The highest BCUT2D eigenvalue weighted by atomic mass is 16.1. The summed E-state index contributed by atoms with van der Waals surface area (Å²) in [4.78, 5) is 26.0. The van der Waals surface area contributed by atoms with Crippen LogP contribution in [0.15, 0.2) is 109 Å². The molecule has 134 valence electrons. The SMILES string of the molecule is O=C(c1ccccc1)c1ccccc1C(=O)c1ccc(-c2ccccc2)cc1. The van der Waals surface area contributed by atoms with Gasteiger partial charge >= 0.3 is 0 Å². The molecule has 4 rings (SSSR count). The zero-order valence-corrected chi connectivity index (χ0v) is 15.2. The zero-order valence-electron chi connectivity index (χ0n) is 15.2. The zero-order chi connectivity index (χ0) is 19.3. The molecule has 0 saturated carbocycles. The Hall–Kier alpha value is -3.78. The lowest BCUT2D eigenvalue weighted by molar-refractivity contribution is 0.100. The molecule has 28 heavy (non-hydrogen) atoms. The Morgan fingerprint density at radius 3 is 1.32 bits per heavy atom. The summed E-state index contributed by atoms with van der Waals surface area (Å²) in [5.41, 5.74) is 4.12. The van der Waals surface area contributed by atoms with E-state index in [2.05, 4.69) is 0 Å². The number of carbonyl (C=O) groups excluding carboxylic acids is 2. The first-order valence-corrected chi connectivity index (χ1v) is 9.13. The van der Waals surface area contributed by atoms with Crippen molar-refractivity contribution >= 4 is 11.6 Å². The quantitative estimate of drug-likeness (QED) is 0.420. The predicted octanol–water partition coefficient (Wildman–Crippen LogP) is 5.82. The molecule has 0 fully saturated rings. The maximum Gasteiger partial charge on any atom is 0.193 e. The van der Waals surface area contributed by atoms with Crippen LogP contribution in [0, 0.1) is 0 Å². The van der Waals surface area contributed by atoms with E-state index < -0.39 is 0 Å². The second-order valence-electron chi connectivity index (χ2n) is 6.51. The van der Waals surface area contributed by atoms with E-state index in [4.69, 9.17) is 0 Å². The van der Waals surface area contributed by atoms with E-state index in [1.165, 1.54) is 0 Å². The number of carbonyl (C=O) groups is 2. The molecule has 0 aliphatic carbocycles. The predicted molar refractivity (Wildman–Crippen MR) is 112 cm³/mol. The Balaban J connectivity index is 1.67. The van der Waals surface area contributed by atoms with E-state index in [1.54, 1.807) is 36.4 Å². The average Bonchev–Trinajstić information content (AvgIpc) is 2.79. The molecule has 0 aliphatic rings. The fraction of sp³-hybridized carbons (Fsp3) is 0. The monoisotopic (exact) mass is 362 g/mol. The van der Waals surface area contributed by atoms with Crippen molar-refractivity contribution in [3.8, 4) is 11.1 Å². The smallest absolute Gasteiger partial charge is 0.193 e. The molecule has 2 heteroatoms. The van der Waals surface area contributed by atoms with Crippen LogP contribution in [0.25, 0.3) is 11.1 Å². The van der Waals surface area contributed by atoms with Crippen LogP contribution >= 0.6 is 0 Å². The van der Waals surface area contributed by atoms with Gasteiger partial charge in [0, 0.05) is 22.3 Å². The Labute approximate surface area is 164 Å². The highest BCUT2D eigenvalue weighted by Gasteiger charge is 2.19. The van der Waals surface area contributed by atoms with Gasteiger partial charge in [-0.1, -0.05) is 109 Å². The van der Waals surface area contributed by atoms with Crippen molar-refractivity contribution in [2.45, 2.75) is 0 Å². The van der Waals surface area contributed by atoms with Crippen LogP contribution in [0.2, 0.25) is 0 Å². The second-order valence-corrected chi connectivity index (χ2v) is 6.51. The first-order valence-electron chi connectivity index (χ1n) is 9.13. The standard InChI is InChI=1S/C26H18O2/c27-25(21-11-5-2-6-12-21)23-13-7-8-14-24(23)26(28)22-17-15-20(16-18-22)19-9-3-1-4-10-19/h1-18H. The minimum Gasteiger partial charge on any atom is -0.289 e. The lowest BCUT2D eigenvalue weighted by Crippen LogP contribution is -2.11. The molecule has 0 bridgehead atoms. The third-order valence-corrected chi connectivity index (χ3v) is 4.71. The molecule has 0 N–H and O–H groups in total. The van der Waals surface area contributed by atoms with E-state index >= 15 is 0 Å². The van der Waals surface area contributed by atoms with Gasteiger partial charge in [0.05, 0.1) is 0 Å². The van der Waals surface area contributed by atoms with Crippen molar-refractivity contribution in [3.63, 3.8) is 0 Å². The molecule has 0 amide bonds. The van der Waals surface area contributed by atoms with Gasteiger partial charge in [0.25, 0.3) is 0 Å². The highest BCUT2D eigenvalue weighted by Crippen LogP contribution is 2.22. The summed E-state index contributed by atoms with van der Waals surface area (Å²) >= 11 is 0. The number of hydrogen-bond donors (Lipinski definition) is 0. The summed E-state index contributed by atoms with van der Waals surface area (Å²) in [6.07, 6.45) is 0. The van der Waals surface area contributed by atoms with E-state index in [0.717, 1.165) is 11.1 Å².